The average Bonchev–Trinajstić information content (AvgIpc) is 2.04. The van der Waals surface area contributed by atoms with Crippen LogP contribution in [0, 0.1) is 11.3 Å². The Morgan fingerprint density at radius 3 is 2.73 bits per heavy atom. The largest absolute Gasteiger partial charge is 0.489 e. The van der Waals surface area contributed by atoms with E-state index in [1.54, 1.807) is 6.07 Å². The predicted molar refractivity (Wildman–Crippen MR) is 38.8 cm³/mol. The number of hydrogen-bond donors (Lipinski definition) is 2. The van der Waals surface area contributed by atoms with Gasteiger partial charge in [0.2, 0.25) is 0 Å². The first-order chi connectivity index (χ1) is 5.25. The molecule has 0 spiro atoms. The van der Waals surface area contributed by atoms with Crippen LogP contribution in [0.5, 0.6) is 0 Å². The highest BCUT2D eigenvalue weighted by atomic mass is 16.4. The van der Waals surface area contributed by atoms with Gasteiger partial charge in [0.15, 0.2) is 0 Å². The Morgan fingerprint density at radius 1 is 1.55 bits per heavy atom. The van der Waals surface area contributed by atoms with E-state index in [1.165, 1.54) is 18.5 Å². The molecule has 0 amide bonds. The van der Waals surface area contributed by atoms with Crippen molar-refractivity contribution in [2.75, 3.05) is 0 Å². The Kier molecular flexibility index (Phi) is 2.21. The first-order valence-corrected chi connectivity index (χ1v) is 2.96. The third-order valence-electron chi connectivity index (χ3n) is 1.25. The minimum Gasteiger partial charge on any atom is -0.423 e. The average molecular weight is 148 g/mol. The molecule has 1 aromatic rings. The molecule has 0 radical (unpaired) electrons. The number of nitriles is 1. The summed E-state index contributed by atoms with van der Waals surface area (Å²) in [5.74, 6) is 0. The van der Waals surface area contributed by atoms with E-state index in [2.05, 4.69) is 4.98 Å². The number of hydrogen-bond acceptors (Lipinski definition) is 4. The highest BCUT2D eigenvalue weighted by molar-refractivity contribution is 6.59. The van der Waals surface area contributed by atoms with E-state index in [-0.39, 0.29) is 11.0 Å². The van der Waals surface area contributed by atoms with Crippen molar-refractivity contribution in [3.05, 3.63) is 24.0 Å². The molecule has 0 saturated heterocycles. The molecule has 0 aliphatic carbocycles. The SMILES string of the molecule is N#Cc1cnccc1B(O)O. The van der Waals surface area contributed by atoms with Crippen LogP contribution in [0.25, 0.3) is 0 Å². The predicted octanol–water partition coefficient (Wildman–Crippen LogP) is -1.37. The van der Waals surface area contributed by atoms with Gasteiger partial charge in [-0.2, -0.15) is 5.26 Å². The van der Waals surface area contributed by atoms with Crippen molar-refractivity contribution in [3.63, 3.8) is 0 Å². The van der Waals surface area contributed by atoms with Gasteiger partial charge in [-0.15, -0.1) is 0 Å². The monoisotopic (exact) mass is 148 g/mol. The Morgan fingerprint density at radius 2 is 2.27 bits per heavy atom. The van der Waals surface area contributed by atoms with Gasteiger partial charge in [-0.05, 0) is 6.07 Å². The molecule has 0 saturated carbocycles. The van der Waals surface area contributed by atoms with Crippen LogP contribution in [0.3, 0.4) is 0 Å². The molecule has 0 aliphatic heterocycles. The van der Waals surface area contributed by atoms with E-state index in [9.17, 15) is 0 Å². The van der Waals surface area contributed by atoms with E-state index in [1.807, 2.05) is 0 Å². The second-order valence-corrected chi connectivity index (χ2v) is 1.95. The summed E-state index contributed by atoms with van der Waals surface area (Å²) >= 11 is 0. The van der Waals surface area contributed by atoms with E-state index >= 15 is 0 Å². The second-order valence-electron chi connectivity index (χ2n) is 1.95. The molecule has 1 rings (SSSR count). The molecule has 0 bridgehead atoms. The normalized spacial score (nSPS) is 8.82. The van der Waals surface area contributed by atoms with Gasteiger partial charge in [0.25, 0.3) is 0 Å². The fourth-order valence-corrected chi connectivity index (χ4v) is 0.724. The first kappa shape index (κ1) is 7.73. The standard InChI is InChI=1S/C6H5BN2O2/c8-3-5-4-9-2-1-6(5)7(10)11/h1-2,4,10-11H. The summed E-state index contributed by atoms with van der Waals surface area (Å²) in [6.45, 7) is 0. The molecule has 5 heteroatoms. The topological polar surface area (TPSA) is 77.1 Å². The summed E-state index contributed by atoms with van der Waals surface area (Å²) in [5.41, 5.74) is 0.366. The van der Waals surface area contributed by atoms with E-state index in [0.29, 0.717) is 0 Å². The van der Waals surface area contributed by atoms with Gasteiger partial charge in [-0.1, -0.05) is 0 Å². The van der Waals surface area contributed by atoms with Crippen LogP contribution in [-0.2, 0) is 0 Å². The van der Waals surface area contributed by atoms with Crippen molar-refractivity contribution in [1.82, 2.24) is 4.98 Å². The maximum Gasteiger partial charge on any atom is 0.489 e. The molecule has 2 N–H and O–H groups in total. The minimum atomic E-state index is -1.60. The first-order valence-electron chi connectivity index (χ1n) is 2.96. The summed E-state index contributed by atoms with van der Waals surface area (Å²) in [4.78, 5) is 3.65. The Hall–Kier alpha value is -1.38. The molecule has 0 unspecified atom stereocenters. The molecule has 1 heterocycles. The lowest BCUT2D eigenvalue weighted by molar-refractivity contribution is 0.425. The van der Waals surface area contributed by atoms with Gasteiger partial charge in [-0.3, -0.25) is 4.98 Å². The fraction of sp³-hybridized carbons (Fsp3) is 0. The van der Waals surface area contributed by atoms with Crippen LogP contribution >= 0.6 is 0 Å². The summed E-state index contributed by atoms with van der Waals surface area (Å²) in [6.07, 6.45) is 2.68. The number of pyridine rings is 1. The van der Waals surface area contributed by atoms with Crippen molar-refractivity contribution < 1.29 is 10.0 Å². The van der Waals surface area contributed by atoms with Crippen molar-refractivity contribution in [2.24, 2.45) is 0 Å². The lowest BCUT2D eigenvalue weighted by Gasteiger charge is -1.98. The quantitative estimate of drug-likeness (QED) is 0.481. The van der Waals surface area contributed by atoms with Crippen molar-refractivity contribution in [3.8, 4) is 6.07 Å². The van der Waals surface area contributed by atoms with Crippen molar-refractivity contribution in [2.45, 2.75) is 0 Å². The maximum absolute atomic E-state index is 8.71. The van der Waals surface area contributed by atoms with Crippen LogP contribution in [0.2, 0.25) is 0 Å². The number of nitrogens with zero attached hydrogens (tertiary/aromatic N) is 2. The minimum absolute atomic E-state index is 0.183. The molecule has 4 nitrogen and oxygen atoms in total. The van der Waals surface area contributed by atoms with Crippen LogP contribution in [0.1, 0.15) is 5.56 Å². The smallest absolute Gasteiger partial charge is 0.423 e. The van der Waals surface area contributed by atoms with Gasteiger partial charge >= 0.3 is 7.12 Å². The van der Waals surface area contributed by atoms with Gasteiger partial charge in [-0.25, -0.2) is 0 Å². The molecule has 54 valence electrons. The molecular weight excluding hydrogens is 143 g/mol. The zero-order valence-electron chi connectivity index (χ0n) is 5.60. The molecular formula is C6H5BN2O2. The molecule has 0 fully saturated rings. The van der Waals surface area contributed by atoms with Crippen LogP contribution in [0.4, 0.5) is 0 Å². The molecule has 0 atom stereocenters. The van der Waals surface area contributed by atoms with E-state index in [4.69, 9.17) is 15.3 Å². The second kappa shape index (κ2) is 3.15. The zero-order valence-corrected chi connectivity index (χ0v) is 5.60. The lowest BCUT2D eigenvalue weighted by atomic mass is 9.78. The third-order valence-corrected chi connectivity index (χ3v) is 1.25. The van der Waals surface area contributed by atoms with E-state index in [0.717, 1.165) is 0 Å². The Labute approximate surface area is 63.9 Å². The van der Waals surface area contributed by atoms with E-state index < -0.39 is 7.12 Å². The summed E-state index contributed by atoms with van der Waals surface area (Å²) in [7, 11) is -1.60. The third kappa shape index (κ3) is 1.55. The number of rotatable bonds is 1. The summed E-state index contributed by atoms with van der Waals surface area (Å²) < 4.78 is 0. The fourth-order valence-electron chi connectivity index (χ4n) is 0.724. The Bertz CT molecular complexity index is 295. The number of aromatic nitrogens is 1. The maximum atomic E-state index is 8.71. The summed E-state index contributed by atoms with van der Waals surface area (Å²) in [5, 5.41) is 25.9. The highest BCUT2D eigenvalue weighted by Crippen LogP contribution is 1.90. The van der Waals surface area contributed by atoms with Gasteiger partial charge < -0.3 is 10.0 Å². The van der Waals surface area contributed by atoms with Crippen molar-refractivity contribution >= 4 is 12.6 Å². The van der Waals surface area contributed by atoms with Crippen molar-refractivity contribution in [1.29, 1.82) is 5.26 Å². The van der Waals surface area contributed by atoms with Gasteiger partial charge in [0, 0.05) is 17.9 Å². The molecule has 0 aliphatic rings. The van der Waals surface area contributed by atoms with Gasteiger partial charge in [0.1, 0.15) is 6.07 Å². The molecule has 0 aromatic carbocycles. The van der Waals surface area contributed by atoms with Gasteiger partial charge in [0.05, 0.1) is 5.56 Å². The molecule has 1 aromatic heterocycles. The summed E-state index contributed by atoms with van der Waals surface area (Å²) in [6, 6.07) is 3.19. The van der Waals surface area contributed by atoms with Crippen LogP contribution in [0.15, 0.2) is 18.5 Å². The highest BCUT2D eigenvalue weighted by Gasteiger charge is 2.14. The lowest BCUT2D eigenvalue weighted by Crippen LogP contribution is -2.32. The molecule has 11 heavy (non-hydrogen) atoms. The van der Waals surface area contributed by atoms with Crippen LogP contribution < -0.4 is 5.46 Å². The Balaban J connectivity index is 3.15. The zero-order chi connectivity index (χ0) is 8.27. The van der Waals surface area contributed by atoms with Crippen LogP contribution in [-0.4, -0.2) is 22.2 Å².